The molecule has 0 spiro atoms. The average molecular weight is 267 g/mol. The van der Waals surface area contributed by atoms with Crippen molar-refractivity contribution in [1.82, 2.24) is 15.2 Å². The van der Waals surface area contributed by atoms with Crippen molar-refractivity contribution < 1.29 is 4.79 Å². The van der Waals surface area contributed by atoms with Crippen LogP contribution >= 0.6 is 11.3 Å². The number of nitrogens with one attached hydrogen (secondary N) is 1. The van der Waals surface area contributed by atoms with E-state index in [1.54, 1.807) is 11.3 Å². The first-order chi connectivity index (χ1) is 8.59. The Kier molecular flexibility index (Phi) is 4.35. The van der Waals surface area contributed by atoms with E-state index < -0.39 is 0 Å². The van der Waals surface area contributed by atoms with E-state index in [0.29, 0.717) is 0 Å². The third kappa shape index (κ3) is 2.90. The molecular weight excluding hydrogens is 246 g/mol. The summed E-state index contributed by atoms with van der Waals surface area (Å²) in [6.07, 6.45) is 2.28. The Hall–Kier alpha value is -0.940. The van der Waals surface area contributed by atoms with Crippen molar-refractivity contribution in [2.45, 2.75) is 45.7 Å². The molecule has 1 fully saturated rings. The minimum Gasteiger partial charge on any atom is -0.341 e. The highest BCUT2D eigenvalue weighted by atomic mass is 32.1. The molecule has 0 aromatic carbocycles. The first kappa shape index (κ1) is 13.5. The number of nitrogens with zero attached hydrogens (tertiary/aromatic N) is 2. The van der Waals surface area contributed by atoms with Crippen LogP contribution in [0.3, 0.4) is 0 Å². The maximum absolute atomic E-state index is 12.2. The van der Waals surface area contributed by atoms with Gasteiger partial charge in [-0.15, -0.1) is 11.3 Å². The second kappa shape index (κ2) is 5.80. The van der Waals surface area contributed by atoms with Gasteiger partial charge in [0.2, 0.25) is 5.91 Å². The molecule has 1 aliphatic rings. The molecule has 2 heterocycles. The van der Waals surface area contributed by atoms with Crippen LogP contribution in [0.15, 0.2) is 5.51 Å². The SMILES string of the molecule is Cc1ncsc1C(C)NC(C)C(=O)N1CCCC1. The van der Waals surface area contributed by atoms with Crippen LogP contribution in [-0.2, 0) is 4.79 Å². The minimum absolute atomic E-state index is 0.125. The number of aromatic nitrogens is 1. The molecule has 1 aromatic heterocycles. The van der Waals surface area contributed by atoms with E-state index in [1.165, 1.54) is 4.88 Å². The monoisotopic (exact) mass is 267 g/mol. The lowest BCUT2D eigenvalue weighted by atomic mass is 10.2. The second-order valence-corrected chi connectivity index (χ2v) is 5.83. The van der Waals surface area contributed by atoms with Gasteiger partial charge in [0.1, 0.15) is 0 Å². The lowest BCUT2D eigenvalue weighted by molar-refractivity contribution is -0.132. The van der Waals surface area contributed by atoms with Gasteiger partial charge in [-0.05, 0) is 33.6 Å². The number of hydrogen-bond acceptors (Lipinski definition) is 4. The number of rotatable bonds is 4. The van der Waals surface area contributed by atoms with Gasteiger partial charge in [-0.25, -0.2) is 4.98 Å². The Morgan fingerprint density at radius 2 is 2.11 bits per heavy atom. The van der Waals surface area contributed by atoms with Crippen LogP contribution in [0.1, 0.15) is 43.3 Å². The average Bonchev–Trinajstić information content (AvgIpc) is 2.98. The highest BCUT2D eigenvalue weighted by molar-refractivity contribution is 7.09. The molecule has 2 atom stereocenters. The maximum atomic E-state index is 12.2. The Morgan fingerprint density at radius 3 is 2.67 bits per heavy atom. The Labute approximate surface area is 112 Å². The van der Waals surface area contributed by atoms with Gasteiger partial charge in [0.25, 0.3) is 0 Å². The van der Waals surface area contributed by atoms with Gasteiger partial charge < -0.3 is 4.90 Å². The number of carbonyl (C=O) groups excluding carboxylic acids is 1. The van der Waals surface area contributed by atoms with E-state index in [-0.39, 0.29) is 18.0 Å². The van der Waals surface area contributed by atoms with E-state index in [9.17, 15) is 4.79 Å². The topological polar surface area (TPSA) is 45.2 Å². The molecule has 0 radical (unpaired) electrons. The summed E-state index contributed by atoms with van der Waals surface area (Å²) in [6, 6.07) is 0.0543. The number of thiazole rings is 1. The fraction of sp³-hybridized carbons (Fsp3) is 0.692. The van der Waals surface area contributed by atoms with Gasteiger partial charge in [0.15, 0.2) is 0 Å². The quantitative estimate of drug-likeness (QED) is 0.909. The van der Waals surface area contributed by atoms with Crippen LogP contribution in [0.25, 0.3) is 0 Å². The number of aryl methyl sites for hydroxylation is 1. The zero-order chi connectivity index (χ0) is 13.1. The molecule has 1 N–H and O–H groups in total. The van der Waals surface area contributed by atoms with E-state index >= 15 is 0 Å². The van der Waals surface area contributed by atoms with Gasteiger partial charge in [-0.2, -0.15) is 0 Å². The maximum Gasteiger partial charge on any atom is 0.239 e. The van der Waals surface area contributed by atoms with Crippen LogP contribution < -0.4 is 5.32 Å². The molecule has 1 amide bonds. The molecule has 0 aliphatic carbocycles. The molecular formula is C13H21N3OS. The molecule has 4 nitrogen and oxygen atoms in total. The fourth-order valence-electron chi connectivity index (χ4n) is 2.46. The van der Waals surface area contributed by atoms with Gasteiger partial charge in [-0.1, -0.05) is 0 Å². The molecule has 5 heteroatoms. The van der Waals surface area contributed by atoms with Crippen molar-refractivity contribution in [1.29, 1.82) is 0 Å². The van der Waals surface area contributed by atoms with E-state index in [2.05, 4.69) is 17.2 Å². The van der Waals surface area contributed by atoms with Gasteiger partial charge in [0, 0.05) is 24.0 Å². The fourth-order valence-corrected chi connectivity index (χ4v) is 3.28. The normalized spacial score (nSPS) is 18.9. The number of likely N-dealkylation sites (tertiary alicyclic amines) is 1. The van der Waals surface area contributed by atoms with E-state index in [0.717, 1.165) is 31.6 Å². The van der Waals surface area contributed by atoms with Crippen molar-refractivity contribution in [2.24, 2.45) is 0 Å². The van der Waals surface area contributed by atoms with Gasteiger partial charge in [-0.3, -0.25) is 10.1 Å². The number of hydrogen-bond donors (Lipinski definition) is 1. The molecule has 1 aromatic rings. The minimum atomic E-state index is -0.125. The molecule has 1 aliphatic heterocycles. The summed E-state index contributed by atoms with van der Waals surface area (Å²) in [7, 11) is 0. The Balaban J connectivity index is 1.92. The van der Waals surface area contributed by atoms with Gasteiger partial charge >= 0.3 is 0 Å². The van der Waals surface area contributed by atoms with Gasteiger partial charge in [0.05, 0.1) is 17.2 Å². The summed E-state index contributed by atoms with van der Waals surface area (Å²) >= 11 is 1.65. The molecule has 2 rings (SSSR count). The van der Waals surface area contributed by atoms with Crippen molar-refractivity contribution in [3.63, 3.8) is 0 Å². The lowest BCUT2D eigenvalue weighted by Gasteiger charge is -2.24. The number of amides is 1. The first-order valence-corrected chi connectivity index (χ1v) is 7.42. The summed E-state index contributed by atoms with van der Waals surface area (Å²) in [5.74, 6) is 0.224. The van der Waals surface area contributed by atoms with E-state index in [1.807, 2.05) is 24.3 Å². The molecule has 1 saturated heterocycles. The van der Waals surface area contributed by atoms with Crippen LogP contribution in [0, 0.1) is 6.92 Å². The van der Waals surface area contributed by atoms with E-state index in [4.69, 9.17) is 0 Å². The van der Waals surface area contributed by atoms with Crippen molar-refractivity contribution in [2.75, 3.05) is 13.1 Å². The number of carbonyl (C=O) groups is 1. The molecule has 0 saturated carbocycles. The summed E-state index contributed by atoms with van der Waals surface area (Å²) in [6.45, 7) is 7.89. The summed E-state index contributed by atoms with van der Waals surface area (Å²) in [5.41, 5.74) is 2.91. The summed E-state index contributed by atoms with van der Waals surface area (Å²) < 4.78 is 0. The molecule has 100 valence electrons. The van der Waals surface area contributed by atoms with Crippen LogP contribution in [0.4, 0.5) is 0 Å². The third-order valence-electron chi connectivity index (χ3n) is 3.46. The summed E-state index contributed by atoms with van der Waals surface area (Å²) in [5, 5.41) is 3.38. The second-order valence-electron chi connectivity index (χ2n) is 4.94. The highest BCUT2D eigenvalue weighted by Gasteiger charge is 2.24. The van der Waals surface area contributed by atoms with Crippen molar-refractivity contribution >= 4 is 17.2 Å². The van der Waals surface area contributed by atoms with Crippen LogP contribution in [0.5, 0.6) is 0 Å². The predicted octanol–water partition coefficient (Wildman–Crippen LogP) is 2.11. The van der Waals surface area contributed by atoms with Crippen LogP contribution in [-0.4, -0.2) is 34.9 Å². The molecule has 2 unspecified atom stereocenters. The summed E-state index contributed by atoms with van der Waals surface area (Å²) in [4.78, 5) is 19.6. The zero-order valence-corrected chi connectivity index (χ0v) is 12.1. The van der Waals surface area contributed by atoms with Crippen LogP contribution in [0.2, 0.25) is 0 Å². The Bertz CT molecular complexity index is 412. The zero-order valence-electron chi connectivity index (χ0n) is 11.3. The molecule has 0 bridgehead atoms. The largest absolute Gasteiger partial charge is 0.341 e. The Morgan fingerprint density at radius 1 is 1.44 bits per heavy atom. The first-order valence-electron chi connectivity index (χ1n) is 6.54. The predicted molar refractivity (Wildman–Crippen MR) is 73.7 cm³/mol. The van der Waals surface area contributed by atoms with Crippen molar-refractivity contribution in [3.05, 3.63) is 16.1 Å². The van der Waals surface area contributed by atoms with Crippen molar-refractivity contribution in [3.8, 4) is 0 Å². The lowest BCUT2D eigenvalue weighted by Crippen LogP contribution is -2.44. The molecule has 18 heavy (non-hydrogen) atoms. The highest BCUT2D eigenvalue weighted by Crippen LogP contribution is 2.21. The third-order valence-corrected chi connectivity index (χ3v) is 4.58. The standard InChI is InChI=1S/C13H21N3OS/c1-9-12(18-8-14-9)10(2)15-11(3)13(17)16-6-4-5-7-16/h8,10-11,15H,4-7H2,1-3H3. The smallest absolute Gasteiger partial charge is 0.239 e.